The molecule has 0 saturated carbocycles. The van der Waals surface area contributed by atoms with Crippen LogP contribution in [0.1, 0.15) is 5.56 Å². The summed E-state index contributed by atoms with van der Waals surface area (Å²) in [4.78, 5) is 32.4. The van der Waals surface area contributed by atoms with Crippen LogP contribution in [0.5, 0.6) is 0 Å². The van der Waals surface area contributed by atoms with E-state index in [2.05, 4.69) is 16.0 Å². The number of nitrogens with two attached hydrogens (primary N) is 1. The Labute approximate surface area is 121 Å². The number of anilines is 1. The Bertz CT molecular complexity index is 557. The van der Waals surface area contributed by atoms with Crippen molar-refractivity contribution in [2.24, 2.45) is 5.73 Å². The van der Waals surface area contributed by atoms with E-state index in [1.54, 1.807) is 24.3 Å². The smallest absolute Gasteiger partial charge is 0.328 e. The molecule has 0 radical (unpaired) electrons. The van der Waals surface area contributed by atoms with Crippen LogP contribution in [0.25, 0.3) is 6.08 Å². The first-order chi connectivity index (χ1) is 9.97. The number of amides is 4. The average Bonchev–Trinajstić information content (AvgIpc) is 2.41. The number of carbonyl (C=O) groups excluding carboxylic acids is 2. The fraction of sp³-hybridized carbons (Fsp3) is 0.154. The van der Waals surface area contributed by atoms with Gasteiger partial charge in [0.2, 0.25) is 0 Å². The van der Waals surface area contributed by atoms with Crippen molar-refractivity contribution in [1.82, 2.24) is 10.6 Å². The third kappa shape index (κ3) is 7.21. The summed E-state index contributed by atoms with van der Waals surface area (Å²) in [7, 11) is 0. The number of hydrogen-bond donors (Lipinski definition) is 5. The van der Waals surface area contributed by atoms with Crippen LogP contribution < -0.4 is 21.7 Å². The summed E-state index contributed by atoms with van der Waals surface area (Å²) < 4.78 is 0. The van der Waals surface area contributed by atoms with Gasteiger partial charge in [-0.05, 0) is 23.8 Å². The molecule has 0 unspecified atom stereocenters. The molecule has 8 nitrogen and oxygen atoms in total. The molecule has 4 amide bonds. The maximum atomic E-state index is 11.6. The summed E-state index contributed by atoms with van der Waals surface area (Å²) in [6.45, 7) is 0.456. The number of aliphatic carboxylic acids is 1. The predicted molar refractivity (Wildman–Crippen MR) is 77.7 cm³/mol. The molecule has 0 aliphatic carbocycles. The van der Waals surface area contributed by atoms with E-state index in [0.717, 1.165) is 6.08 Å². The Kier molecular flexibility index (Phi) is 6.26. The number of hydrogen-bond acceptors (Lipinski definition) is 3. The van der Waals surface area contributed by atoms with E-state index in [9.17, 15) is 14.4 Å². The van der Waals surface area contributed by atoms with E-state index < -0.39 is 18.0 Å². The van der Waals surface area contributed by atoms with Crippen molar-refractivity contribution in [2.45, 2.75) is 0 Å². The molecule has 0 fully saturated rings. The minimum Gasteiger partial charge on any atom is -0.478 e. The Balaban J connectivity index is 2.47. The van der Waals surface area contributed by atoms with Gasteiger partial charge < -0.3 is 26.8 Å². The SMILES string of the molecule is NC(=O)NCCNC(=O)Nc1cccc(/C=C/C(=O)O)c1. The van der Waals surface area contributed by atoms with E-state index in [-0.39, 0.29) is 13.1 Å². The highest BCUT2D eigenvalue weighted by Gasteiger charge is 2.01. The standard InChI is InChI=1S/C13H16N4O4/c14-12(20)15-6-7-16-13(21)17-10-3-1-2-9(8-10)4-5-11(18)19/h1-5,8H,6-7H2,(H,18,19)(H3,14,15,20)(H2,16,17,21)/b5-4+. The van der Waals surface area contributed by atoms with Crippen LogP contribution in [0.4, 0.5) is 15.3 Å². The van der Waals surface area contributed by atoms with Crippen molar-refractivity contribution in [3.05, 3.63) is 35.9 Å². The van der Waals surface area contributed by atoms with Gasteiger partial charge in [-0.1, -0.05) is 12.1 Å². The van der Waals surface area contributed by atoms with Crippen molar-refractivity contribution in [3.63, 3.8) is 0 Å². The van der Waals surface area contributed by atoms with Gasteiger partial charge in [0.1, 0.15) is 0 Å². The molecule has 112 valence electrons. The maximum absolute atomic E-state index is 11.6. The first-order valence-corrected chi connectivity index (χ1v) is 6.06. The number of nitrogens with one attached hydrogen (secondary N) is 3. The average molecular weight is 292 g/mol. The molecule has 6 N–H and O–H groups in total. The summed E-state index contributed by atoms with van der Waals surface area (Å²) in [5, 5.41) is 16.0. The molecule has 0 spiro atoms. The second-order valence-corrected chi connectivity index (χ2v) is 3.97. The lowest BCUT2D eigenvalue weighted by atomic mass is 10.2. The lowest BCUT2D eigenvalue weighted by Crippen LogP contribution is -2.38. The van der Waals surface area contributed by atoms with E-state index in [1.165, 1.54) is 6.08 Å². The van der Waals surface area contributed by atoms with E-state index >= 15 is 0 Å². The summed E-state index contributed by atoms with van der Waals surface area (Å²) in [6.07, 6.45) is 2.43. The number of rotatable bonds is 6. The topological polar surface area (TPSA) is 134 Å². The third-order valence-electron chi connectivity index (χ3n) is 2.27. The van der Waals surface area contributed by atoms with Crippen LogP contribution in [0, 0.1) is 0 Å². The Morgan fingerprint density at radius 3 is 2.57 bits per heavy atom. The molecule has 0 bridgehead atoms. The Hall–Kier alpha value is -3.03. The van der Waals surface area contributed by atoms with Crippen molar-refractivity contribution in [1.29, 1.82) is 0 Å². The lowest BCUT2D eigenvalue weighted by molar-refractivity contribution is -0.131. The zero-order chi connectivity index (χ0) is 15.7. The minimum atomic E-state index is -1.05. The van der Waals surface area contributed by atoms with Crippen LogP contribution in [0.15, 0.2) is 30.3 Å². The number of carboxylic acid groups (broad SMARTS) is 1. The Morgan fingerprint density at radius 2 is 1.90 bits per heavy atom. The van der Waals surface area contributed by atoms with Gasteiger partial charge in [-0.25, -0.2) is 14.4 Å². The zero-order valence-corrected chi connectivity index (χ0v) is 11.1. The van der Waals surface area contributed by atoms with E-state index in [0.29, 0.717) is 11.3 Å². The van der Waals surface area contributed by atoms with Crippen LogP contribution >= 0.6 is 0 Å². The highest BCUT2D eigenvalue weighted by molar-refractivity contribution is 5.90. The fourth-order valence-corrected chi connectivity index (χ4v) is 1.42. The number of carbonyl (C=O) groups is 3. The molecule has 0 atom stereocenters. The highest BCUT2D eigenvalue weighted by Crippen LogP contribution is 2.11. The lowest BCUT2D eigenvalue weighted by Gasteiger charge is -2.08. The Morgan fingerprint density at radius 1 is 1.19 bits per heavy atom. The molecule has 8 heteroatoms. The number of primary amides is 1. The molecular weight excluding hydrogens is 276 g/mol. The predicted octanol–water partition coefficient (Wildman–Crippen LogP) is 0.574. The van der Waals surface area contributed by atoms with Gasteiger partial charge in [0.05, 0.1) is 0 Å². The first kappa shape index (κ1) is 16.0. The van der Waals surface area contributed by atoms with Gasteiger partial charge in [0, 0.05) is 24.9 Å². The molecule has 0 aromatic heterocycles. The summed E-state index contributed by atoms with van der Waals surface area (Å²) in [5.74, 6) is -1.05. The van der Waals surface area contributed by atoms with E-state index in [4.69, 9.17) is 10.8 Å². The van der Waals surface area contributed by atoms with Crippen molar-refractivity contribution >= 4 is 29.8 Å². The second kappa shape index (κ2) is 8.20. The van der Waals surface area contributed by atoms with Crippen molar-refractivity contribution < 1.29 is 19.5 Å². The van der Waals surface area contributed by atoms with Gasteiger partial charge in [-0.3, -0.25) is 0 Å². The van der Waals surface area contributed by atoms with Crippen LogP contribution in [-0.4, -0.2) is 36.2 Å². The maximum Gasteiger partial charge on any atom is 0.328 e. The minimum absolute atomic E-state index is 0.226. The van der Waals surface area contributed by atoms with Crippen molar-refractivity contribution in [2.75, 3.05) is 18.4 Å². The van der Waals surface area contributed by atoms with Crippen LogP contribution in [0.3, 0.4) is 0 Å². The highest BCUT2D eigenvalue weighted by atomic mass is 16.4. The summed E-state index contributed by atoms with van der Waals surface area (Å²) >= 11 is 0. The monoisotopic (exact) mass is 292 g/mol. The number of urea groups is 2. The van der Waals surface area contributed by atoms with Gasteiger partial charge in [-0.15, -0.1) is 0 Å². The molecule has 1 aromatic rings. The molecule has 0 aliphatic rings. The number of carboxylic acids is 1. The molecule has 21 heavy (non-hydrogen) atoms. The zero-order valence-electron chi connectivity index (χ0n) is 11.1. The van der Waals surface area contributed by atoms with E-state index in [1.807, 2.05) is 0 Å². The fourth-order valence-electron chi connectivity index (χ4n) is 1.42. The van der Waals surface area contributed by atoms with Crippen molar-refractivity contribution in [3.8, 4) is 0 Å². The van der Waals surface area contributed by atoms with Gasteiger partial charge in [0.25, 0.3) is 0 Å². The summed E-state index contributed by atoms with van der Waals surface area (Å²) in [6, 6.07) is 5.58. The number of benzene rings is 1. The first-order valence-electron chi connectivity index (χ1n) is 6.06. The van der Waals surface area contributed by atoms with Gasteiger partial charge in [0.15, 0.2) is 0 Å². The van der Waals surface area contributed by atoms with Crippen LogP contribution in [-0.2, 0) is 4.79 Å². The van der Waals surface area contributed by atoms with Gasteiger partial charge >= 0.3 is 18.0 Å². The summed E-state index contributed by atoms with van der Waals surface area (Å²) in [5.41, 5.74) is 6.03. The molecule has 1 aromatic carbocycles. The molecule has 0 saturated heterocycles. The normalized spacial score (nSPS) is 10.1. The molecule has 1 rings (SSSR count). The molecule has 0 aliphatic heterocycles. The van der Waals surface area contributed by atoms with Gasteiger partial charge in [-0.2, -0.15) is 0 Å². The quantitative estimate of drug-likeness (QED) is 0.387. The molecular formula is C13H16N4O4. The molecule has 0 heterocycles. The largest absolute Gasteiger partial charge is 0.478 e. The third-order valence-corrected chi connectivity index (χ3v) is 2.27. The second-order valence-electron chi connectivity index (χ2n) is 3.97. The van der Waals surface area contributed by atoms with Crippen LogP contribution in [0.2, 0.25) is 0 Å².